The molecule has 0 fully saturated rings. The molecule has 0 aliphatic carbocycles. The number of nitrogens with zero attached hydrogens (tertiary/aromatic N) is 1. The van der Waals surface area contributed by atoms with Crippen molar-refractivity contribution in [3.63, 3.8) is 0 Å². The van der Waals surface area contributed by atoms with Gasteiger partial charge in [-0.15, -0.1) is 18.8 Å². The molecule has 0 unspecified atom stereocenters. The summed E-state index contributed by atoms with van der Waals surface area (Å²) >= 11 is 0. The minimum absolute atomic E-state index is 0. The summed E-state index contributed by atoms with van der Waals surface area (Å²) in [6.45, 7) is 0. The van der Waals surface area contributed by atoms with E-state index in [0.717, 1.165) is 0 Å². The van der Waals surface area contributed by atoms with Gasteiger partial charge in [-0.1, -0.05) is 18.1 Å². The molecule has 0 aliphatic heterocycles. The minimum atomic E-state index is -0.798. The molecular formula is C10H8ClFN2. The molecule has 1 atom stereocenters. The van der Waals surface area contributed by atoms with Crippen LogP contribution in [-0.2, 0) is 0 Å². The molecular weight excluding hydrogens is 203 g/mol. The van der Waals surface area contributed by atoms with Gasteiger partial charge in [0.1, 0.15) is 11.9 Å². The van der Waals surface area contributed by atoms with Crippen molar-refractivity contribution in [1.29, 1.82) is 5.26 Å². The molecule has 1 rings (SSSR count). The van der Waals surface area contributed by atoms with Crippen LogP contribution in [0.2, 0.25) is 0 Å². The molecule has 2 nitrogen and oxygen atoms in total. The molecule has 0 aromatic heterocycles. The van der Waals surface area contributed by atoms with Crippen molar-refractivity contribution in [3.8, 4) is 18.4 Å². The largest absolute Gasteiger partial charge is 0.314 e. The van der Waals surface area contributed by atoms with Crippen molar-refractivity contribution < 1.29 is 4.39 Å². The van der Waals surface area contributed by atoms with E-state index in [-0.39, 0.29) is 23.5 Å². The van der Waals surface area contributed by atoms with Gasteiger partial charge in [0.15, 0.2) is 0 Å². The highest BCUT2D eigenvalue weighted by molar-refractivity contribution is 5.85. The SMILES string of the molecule is C#C[C@@H](N)c1cccc(C#N)c1F.Cl. The Bertz CT molecular complexity index is 404. The van der Waals surface area contributed by atoms with E-state index in [1.54, 1.807) is 12.1 Å². The van der Waals surface area contributed by atoms with Gasteiger partial charge >= 0.3 is 0 Å². The van der Waals surface area contributed by atoms with Crippen molar-refractivity contribution >= 4 is 12.4 Å². The molecule has 2 N–H and O–H groups in total. The lowest BCUT2D eigenvalue weighted by molar-refractivity contribution is 0.600. The lowest BCUT2D eigenvalue weighted by atomic mass is 10.0. The average Bonchev–Trinajstić information content (AvgIpc) is 2.17. The smallest absolute Gasteiger partial charge is 0.146 e. The highest BCUT2D eigenvalue weighted by Gasteiger charge is 2.11. The first kappa shape index (κ1) is 12.4. The summed E-state index contributed by atoms with van der Waals surface area (Å²) in [7, 11) is 0. The number of hydrogen-bond donors (Lipinski definition) is 1. The molecule has 0 bridgehead atoms. The Labute approximate surface area is 87.9 Å². The Kier molecular flexibility index (Phi) is 4.66. The molecule has 0 saturated heterocycles. The maximum absolute atomic E-state index is 13.3. The van der Waals surface area contributed by atoms with Crippen LogP contribution in [0.1, 0.15) is 17.2 Å². The summed E-state index contributed by atoms with van der Waals surface area (Å²) in [4.78, 5) is 0. The third-order valence-electron chi connectivity index (χ3n) is 1.66. The van der Waals surface area contributed by atoms with Gasteiger partial charge in [-0.3, -0.25) is 0 Å². The Balaban J connectivity index is 0.00000169. The van der Waals surface area contributed by atoms with Gasteiger partial charge in [0.2, 0.25) is 0 Å². The number of terminal acetylenes is 1. The Morgan fingerprint density at radius 2 is 2.14 bits per heavy atom. The summed E-state index contributed by atoms with van der Waals surface area (Å²) in [5.74, 6) is 1.57. The third kappa shape index (κ3) is 2.23. The quantitative estimate of drug-likeness (QED) is 0.718. The first-order valence-corrected chi connectivity index (χ1v) is 3.61. The average molecular weight is 211 g/mol. The molecule has 0 aliphatic rings. The van der Waals surface area contributed by atoms with Crippen LogP contribution >= 0.6 is 12.4 Å². The van der Waals surface area contributed by atoms with E-state index in [2.05, 4.69) is 5.92 Å². The number of rotatable bonds is 1. The molecule has 0 radical (unpaired) electrons. The maximum Gasteiger partial charge on any atom is 0.146 e. The van der Waals surface area contributed by atoms with Crippen molar-refractivity contribution in [2.24, 2.45) is 5.73 Å². The Morgan fingerprint density at radius 3 is 2.64 bits per heavy atom. The number of halogens is 2. The fourth-order valence-corrected chi connectivity index (χ4v) is 0.966. The predicted octanol–water partition coefficient (Wildman–Crippen LogP) is 1.75. The van der Waals surface area contributed by atoms with Gasteiger partial charge in [-0.05, 0) is 6.07 Å². The molecule has 4 heteroatoms. The van der Waals surface area contributed by atoms with Gasteiger partial charge in [0.05, 0.1) is 11.6 Å². The van der Waals surface area contributed by atoms with E-state index in [1.165, 1.54) is 12.1 Å². The maximum atomic E-state index is 13.3. The van der Waals surface area contributed by atoms with Gasteiger partial charge in [0.25, 0.3) is 0 Å². The fourth-order valence-electron chi connectivity index (χ4n) is 0.966. The van der Waals surface area contributed by atoms with Crippen molar-refractivity contribution in [2.45, 2.75) is 6.04 Å². The standard InChI is InChI=1S/C10H7FN2.ClH/c1-2-9(13)8-5-3-4-7(6-12)10(8)11;/h1,3-5,9H,13H2;1H/t9-;/m1./s1. The Hall–Kier alpha value is -1.55. The van der Waals surface area contributed by atoms with E-state index in [0.29, 0.717) is 0 Å². The molecule has 0 amide bonds. The second kappa shape index (κ2) is 5.24. The molecule has 14 heavy (non-hydrogen) atoms. The molecule has 0 heterocycles. The fraction of sp³-hybridized carbons (Fsp3) is 0.100. The molecule has 72 valence electrons. The lowest BCUT2D eigenvalue weighted by Crippen LogP contribution is -2.10. The van der Waals surface area contributed by atoms with Crippen molar-refractivity contribution in [2.75, 3.05) is 0 Å². The lowest BCUT2D eigenvalue weighted by Gasteiger charge is -2.06. The van der Waals surface area contributed by atoms with Crippen LogP contribution in [0, 0.1) is 29.5 Å². The normalized spacial score (nSPS) is 10.6. The summed E-state index contributed by atoms with van der Waals surface area (Å²) in [6.07, 6.45) is 5.04. The Morgan fingerprint density at radius 1 is 1.50 bits per heavy atom. The number of hydrogen-bond acceptors (Lipinski definition) is 2. The van der Waals surface area contributed by atoms with Gasteiger partial charge in [-0.2, -0.15) is 5.26 Å². The topological polar surface area (TPSA) is 49.8 Å². The third-order valence-corrected chi connectivity index (χ3v) is 1.66. The molecule has 1 aromatic rings. The van der Waals surface area contributed by atoms with Crippen molar-refractivity contribution in [1.82, 2.24) is 0 Å². The van der Waals surface area contributed by atoms with Gasteiger partial charge < -0.3 is 5.73 Å². The summed E-state index contributed by atoms with van der Waals surface area (Å²) in [5, 5.41) is 8.51. The monoisotopic (exact) mass is 210 g/mol. The summed E-state index contributed by atoms with van der Waals surface area (Å²) in [5.41, 5.74) is 5.58. The van der Waals surface area contributed by atoms with Crippen LogP contribution in [0.25, 0.3) is 0 Å². The first-order valence-electron chi connectivity index (χ1n) is 3.61. The van der Waals surface area contributed by atoms with Gasteiger partial charge in [-0.25, -0.2) is 4.39 Å². The summed E-state index contributed by atoms with van der Waals surface area (Å²) < 4.78 is 13.3. The second-order valence-electron chi connectivity index (χ2n) is 2.46. The van der Waals surface area contributed by atoms with Crippen LogP contribution in [-0.4, -0.2) is 0 Å². The highest BCUT2D eigenvalue weighted by atomic mass is 35.5. The van der Waals surface area contributed by atoms with Crippen LogP contribution < -0.4 is 5.73 Å². The zero-order valence-corrected chi connectivity index (χ0v) is 8.01. The van der Waals surface area contributed by atoms with Crippen LogP contribution in [0.15, 0.2) is 18.2 Å². The molecule has 0 spiro atoms. The van der Waals surface area contributed by atoms with E-state index in [1.807, 2.05) is 0 Å². The highest BCUT2D eigenvalue weighted by Crippen LogP contribution is 2.17. The number of benzene rings is 1. The van der Waals surface area contributed by atoms with E-state index >= 15 is 0 Å². The predicted molar refractivity (Wildman–Crippen MR) is 54.1 cm³/mol. The van der Waals surface area contributed by atoms with Gasteiger partial charge in [0, 0.05) is 5.56 Å². The molecule has 1 aromatic carbocycles. The molecule has 0 saturated carbocycles. The zero-order chi connectivity index (χ0) is 9.84. The number of nitrogens with two attached hydrogens (primary N) is 1. The van der Waals surface area contributed by atoms with Crippen LogP contribution in [0.4, 0.5) is 4.39 Å². The first-order chi connectivity index (χ1) is 6.20. The zero-order valence-electron chi connectivity index (χ0n) is 7.20. The van der Waals surface area contributed by atoms with Crippen molar-refractivity contribution in [3.05, 3.63) is 35.1 Å². The minimum Gasteiger partial charge on any atom is -0.314 e. The second-order valence-corrected chi connectivity index (χ2v) is 2.46. The van der Waals surface area contributed by atoms with E-state index < -0.39 is 11.9 Å². The summed E-state index contributed by atoms with van der Waals surface area (Å²) in [6, 6.07) is 5.32. The van der Waals surface area contributed by atoms with Crippen LogP contribution in [0.3, 0.4) is 0 Å². The number of nitriles is 1. The van der Waals surface area contributed by atoms with E-state index in [4.69, 9.17) is 17.4 Å². The van der Waals surface area contributed by atoms with Crippen LogP contribution in [0.5, 0.6) is 0 Å². The van der Waals surface area contributed by atoms with E-state index in [9.17, 15) is 4.39 Å².